The Kier molecular flexibility index (Phi) is 30.9. The number of esters is 1. The SMILES string of the molecule is CCc1ccc(COc2ccc(-n3c(=O)cc(C(F)(F)F)n(C)c3=O)cc2)c(OC(C)C(=O)OC)c1.COc1nc(C)nc(NC(=O)NS(=O)(=O)c2ccccc2CCC(F)(F)F)n1.O=C(Nc1nc(OC(F)F)cc(OC(F)F)n1)NS(=O)(=O)c1ccccc1C(=O)O.O=C(O)CNCP(=O)(O)O. The van der Waals surface area contributed by atoms with Crippen molar-refractivity contribution in [3.05, 3.63) is 158 Å². The Hall–Kier alpha value is -11.1. The molecule has 0 fully saturated rings. The van der Waals surface area contributed by atoms with Crippen molar-refractivity contribution >= 4 is 69.5 Å². The highest BCUT2D eigenvalue weighted by molar-refractivity contribution is 7.90. The highest BCUT2D eigenvalue weighted by Crippen LogP contribution is 2.32. The molecule has 4 amide bonds. The molecule has 0 aliphatic carbocycles. The summed E-state index contributed by atoms with van der Waals surface area (Å²) in [6.45, 7) is -2.12. The molecule has 1 unspecified atom stereocenters. The fourth-order valence-electron chi connectivity index (χ4n) is 7.85. The number of carbonyl (C=O) groups excluding carboxylic acids is 3. The first kappa shape index (κ1) is 85.3. The third-order valence-electron chi connectivity index (χ3n) is 12.3. The number of nitrogens with one attached hydrogen (secondary N) is 5. The molecule has 0 aliphatic rings. The molecular weight excluding hydrogens is 1490 g/mol. The minimum absolute atomic E-state index is 0.0715. The molecule has 3 aromatic heterocycles. The summed E-state index contributed by atoms with van der Waals surface area (Å²) in [4.78, 5) is 114. The quantitative estimate of drug-likeness (QED) is 0.0158. The molecule has 9 N–H and O–H groups in total. The van der Waals surface area contributed by atoms with E-state index in [0.717, 1.165) is 37.2 Å². The number of hydrogen-bond donors (Lipinski definition) is 9. The summed E-state index contributed by atoms with van der Waals surface area (Å²) in [5, 5.41) is 22.9. The van der Waals surface area contributed by atoms with Gasteiger partial charge in [0.1, 0.15) is 34.5 Å². The van der Waals surface area contributed by atoms with Crippen molar-refractivity contribution in [3.63, 3.8) is 0 Å². The lowest BCUT2D eigenvalue weighted by atomic mass is 10.1. The van der Waals surface area contributed by atoms with E-state index >= 15 is 0 Å². The number of urea groups is 2. The second kappa shape index (κ2) is 37.7. The molecule has 0 aliphatic heterocycles. The van der Waals surface area contributed by atoms with Crippen molar-refractivity contribution < 1.29 is 138 Å². The number of aromatic nitrogens is 7. The number of carboxylic acids is 2. The van der Waals surface area contributed by atoms with E-state index in [1.165, 1.54) is 80.5 Å². The molecule has 34 nitrogen and oxygen atoms in total. The zero-order chi connectivity index (χ0) is 78.2. The summed E-state index contributed by atoms with van der Waals surface area (Å²) in [6.07, 6.45) is -11.7. The molecule has 566 valence electrons. The average molecular weight is 1550 g/mol. The number of rotatable bonds is 26. The van der Waals surface area contributed by atoms with Gasteiger partial charge in [-0.3, -0.25) is 34.7 Å². The van der Waals surface area contributed by atoms with Crippen LogP contribution in [0.25, 0.3) is 5.69 Å². The van der Waals surface area contributed by atoms with E-state index in [-0.39, 0.29) is 35.6 Å². The van der Waals surface area contributed by atoms with Crippen LogP contribution in [0.1, 0.15) is 58.8 Å². The standard InChI is InChI=1S/C25H25F3N2O6.C15H16F3N5O4S.C14H10F4N4O7S.C3H8NO5P/c1-5-16-6-7-17(20(12-16)36-15(2)23(32)34-4)14-35-19-10-8-18(9-11-19)30-22(31)13-21(25(26,27)28)29(3)24(30)33;1-9-19-12(22-14(20-9)27-2)21-13(24)23-28(25,26)11-6-4-3-5-10(11)7-8-15(16,17)18;15-11(16)28-8-5-9(29-12(17)18)20-13(19-8)21-14(25)22-30(26,27)7-4-2-1-3-6(7)10(23)24;5-3(6)1-4-2-10(7,8)9/h6-13,15H,5,14H2,1-4H3;3-6H,7-8H2,1-2H3,(H2,19,20,21,22,23,24);1-5,11-12H,(H,23,24)(H2,19,20,21,22,25);4H,1-2H2,(H,5,6)(H2,7,8,9). The first-order valence-electron chi connectivity index (χ1n) is 28.5. The first-order valence-corrected chi connectivity index (χ1v) is 33.3. The van der Waals surface area contributed by atoms with Crippen molar-refractivity contribution in [1.29, 1.82) is 0 Å². The maximum atomic E-state index is 13.1. The van der Waals surface area contributed by atoms with Crippen LogP contribution in [-0.2, 0) is 71.6 Å². The second-order valence-electron chi connectivity index (χ2n) is 20.0. The number of aliphatic carboxylic acids is 1. The Morgan fingerprint density at radius 2 is 1.24 bits per heavy atom. The number of nitrogens with zero attached hydrogens (tertiary/aromatic N) is 7. The van der Waals surface area contributed by atoms with Gasteiger partial charge in [0.05, 0.1) is 49.3 Å². The van der Waals surface area contributed by atoms with E-state index in [4.69, 9.17) is 38.9 Å². The van der Waals surface area contributed by atoms with E-state index in [1.54, 1.807) is 17.0 Å². The third-order valence-corrected chi connectivity index (χ3v) is 15.8. The van der Waals surface area contributed by atoms with Gasteiger partial charge in [-0.05, 0) is 86.3 Å². The Morgan fingerprint density at radius 3 is 1.75 bits per heavy atom. The van der Waals surface area contributed by atoms with E-state index in [1.807, 2.05) is 25.1 Å². The van der Waals surface area contributed by atoms with E-state index in [2.05, 4.69) is 45.0 Å². The number of amides is 4. The van der Waals surface area contributed by atoms with Crippen LogP contribution < -0.4 is 60.3 Å². The zero-order valence-corrected chi connectivity index (χ0v) is 56.6. The largest absolute Gasteiger partial charge is 0.489 e. The lowest BCUT2D eigenvalue weighted by Crippen LogP contribution is -2.40. The summed E-state index contributed by atoms with van der Waals surface area (Å²) in [5.41, 5.74) is -2.52. The van der Waals surface area contributed by atoms with Crippen molar-refractivity contribution in [3.8, 4) is 35.0 Å². The predicted molar refractivity (Wildman–Crippen MR) is 336 cm³/mol. The molecular formula is C57H59F10N12O22PS2. The fourth-order valence-corrected chi connectivity index (χ4v) is 10.5. The lowest BCUT2D eigenvalue weighted by molar-refractivity contribution is -0.148. The van der Waals surface area contributed by atoms with Crippen LogP contribution in [0.4, 0.5) is 65.4 Å². The van der Waals surface area contributed by atoms with Crippen molar-refractivity contribution in [1.82, 2.24) is 48.8 Å². The van der Waals surface area contributed by atoms with Gasteiger partial charge in [0.25, 0.3) is 25.6 Å². The van der Waals surface area contributed by atoms with E-state index < -0.39 is 165 Å². The molecule has 0 saturated heterocycles. The van der Waals surface area contributed by atoms with Gasteiger partial charge in [-0.25, -0.2) is 54.8 Å². The molecule has 7 aromatic rings. The van der Waals surface area contributed by atoms with Gasteiger partial charge in [-0.1, -0.05) is 49.4 Å². The Balaban J connectivity index is 0.000000311. The minimum Gasteiger partial charge on any atom is -0.489 e. The fraction of sp³-hybridized carbons (Fsp3) is 0.298. The maximum absolute atomic E-state index is 13.1. The number of aryl methyl sites for hydroxylation is 3. The van der Waals surface area contributed by atoms with Crippen LogP contribution in [0.5, 0.6) is 29.3 Å². The van der Waals surface area contributed by atoms with Crippen molar-refractivity contribution in [2.75, 3.05) is 37.7 Å². The highest BCUT2D eigenvalue weighted by atomic mass is 32.2. The van der Waals surface area contributed by atoms with Gasteiger partial charge in [0.15, 0.2) is 6.10 Å². The van der Waals surface area contributed by atoms with Gasteiger partial charge < -0.3 is 48.4 Å². The average Bonchev–Trinajstić information content (AvgIpc) is 0.776. The number of carboxylic acid groups (broad SMARTS) is 2. The van der Waals surface area contributed by atoms with E-state index in [9.17, 15) is 98.9 Å². The van der Waals surface area contributed by atoms with Gasteiger partial charge >= 0.3 is 74.8 Å². The molecule has 0 saturated carbocycles. The number of ether oxygens (including phenoxy) is 6. The summed E-state index contributed by atoms with van der Waals surface area (Å²) in [6, 6.07) is 18.7. The second-order valence-corrected chi connectivity index (χ2v) is 25.0. The molecule has 104 heavy (non-hydrogen) atoms. The summed E-state index contributed by atoms with van der Waals surface area (Å²) in [5.74, 6) is -5.34. The summed E-state index contributed by atoms with van der Waals surface area (Å²) >= 11 is 0. The van der Waals surface area contributed by atoms with Crippen molar-refractivity contribution in [2.24, 2.45) is 7.05 Å². The normalized spacial score (nSPS) is 11.7. The number of benzene rings is 4. The third kappa shape index (κ3) is 28.0. The molecule has 1 atom stereocenters. The van der Waals surface area contributed by atoms with Gasteiger partial charge in [-0.15, -0.1) is 0 Å². The number of anilines is 2. The smallest absolute Gasteiger partial charge is 0.431 e. The number of alkyl halides is 10. The van der Waals surface area contributed by atoms with Crippen LogP contribution in [0.15, 0.2) is 123 Å². The summed E-state index contributed by atoms with van der Waals surface area (Å²) in [7, 11) is -9.74. The monoisotopic (exact) mass is 1550 g/mol. The Morgan fingerprint density at radius 1 is 0.692 bits per heavy atom. The molecule has 0 bridgehead atoms. The number of hydrogen-bond acceptors (Lipinski definition) is 24. The number of methoxy groups -OCH3 is 2. The highest BCUT2D eigenvalue weighted by Gasteiger charge is 2.35. The minimum atomic E-state index is -4.84. The number of aromatic carboxylic acids is 1. The molecule has 4 aromatic carbocycles. The number of carbonyl (C=O) groups is 5. The lowest BCUT2D eigenvalue weighted by Gasteiger charge is -2.17. The van der Waals surface area contributed by atoms with Crippen LogP contribution >= 0.6 is 7.60 Å². The maximum Gasteiger partial charge on any atom is 0.431 e. The molecule has 0 spiro atoms. The van der Waals surface area contributed by atoms with Crippen LogP contribution in [0.2, 0.25) is 0 Å². The van der Waals surface area contributed by atoms with E-state index in [0.29, 0.717) is 38.3 Å². The molecule has 7 rings (SSSR count). The molecule has 47 heteroatoms. The topological polar surface area (TPSA) is 476 Å². The van der Waals surface area contributed by atoms with Gasteiger partial charge in [0, 0.05) is 25.1 Å². The zero-order valence-electron chi connectivity index (χ0n) is 54.1. The van der Waals surface area contributed by atoms with Crippen LogP contribution in [0.3, 0.4) is 0 Å². The first-order chi connectivity index (χ1) is 48.3. The molecule has 3 heterocycles. The van der Waals surface area contributed by atoms with Crippen molar-refractivity contribution in [2.45, 2.75) is 88.1 Å². The Labute approximate surface area is 579 Å². The number of sulfonamides is 2. The summed E-state index contributed by atoms with van der Waals surface area (Å²) < 4.78 is 218. The number of halogens is 10. The predicted octanol–water partition coefficient (Wildman–Crippen LogP) is 6.51. The van der Waals surface area contributed by atoms with Gasteiger partial charge in [-0.2, -0.15) is 68.8 Å². The van der Waals surface area contributed by atoms with Gasteiger partial charge in [0.2, 0.25) is 23.7 Å². The van der Waals surface area contributed by atoms with Crippen LogP contribution in [-0.4, -0.2) is 153 Å². The van der Waals surface area contributed by atoms with Crippen LogP contribution in [0, 0.1) is 6.92 Å². The molecule has 0 radical (unpaired) electrons. The Bertz CT molecular complexity index is 4570.